The van der Waals surface area contributed by atoms with Gasteiger partial charge >= 0.3 is 0 Å². The summed E-state index contributed by atoms with van der Waals surface area (Å²) >= 11 is 0. The van der Waals surface area contributed by atoms with Gasteiger partial charge in [0.15, 0.2) is 0 Å². The van der Waals surface area contributed by atoms with Gasteiger partial charge in [-0.3, -0.25) is 0 Å². The molecule has 2 heterocycles. The maximum atomic E-state index is 12.9. The van der Waals surface area contributed by atoms with Gasteiger partial charge < -0.3 is 10.6 Å². The fourth-order valence-electron chi connectivity index (χ4n) is 2.53. The molecule has 3 N–H and O–H groups in total. The van der Waals surface area contributed by atoms with Crippen molar-refractivity contribution >= 4 is 27.5 Å². The van der Waals surface area contributed by atoms with Crippen LogP contribution in [0.3, 0.4) is 0 Å². The van der Waals surface area contributed by atoms with Crippen molar-refractivity contribution in [3.8, 4) is 0 Å². The molecule has 0 unspecified atom stereocenters. The summed E-state index contributed by atoms with van der Waals surface area (Å²) in [6.45, 7) is 4.17. The summed E-state index contributed by atoms with van der Waals surface area (Å²) in [7, 11) is -3.70. The number of hydrogen-bond acceptors (Lipinski definition) is 7. The van der Waals surface area contributed by atoms with E-state index in [1.165, 1.54) is 12.1 Å². The van der Waals surface area contributed by atoms with E-state index >= 15 is 0 Å². The van der Waals surface area contributed by atoms with Gasteiger partial charge in [-0.2, -0.15) is 0 Å². The van der Waals surface area contributed by atoms with E-state index in [0.717, 1.165) is 17.7 Å². The summed E-state index contributed by atoms with van der Waals surface area (Å²) in [6, 6.07) is 10.2. The maximum absolute atomic E-state index is 12.9. The molecule has 0 radical (unpaired) electrons. The molecule has 8 nitrogen and oxygen atoms in total. The summed E-state index contributed by atoms with van der Waals surface area (Å²) < 4.78 is 39.8. The van der Waals surface area contributed by atoms with Crippen LogP contribution in [0.25, 0.3) is 0 Å². The molecule has 2 aromatic heterocycles. The largest absolute Gasteiger partial charge is 0.369 e. The van der Waals surface area contributed by atoms with Crippen molar-refractivity contribution in [2.45, 2.75) is 18.7 Å². The highest BCUT2D eigenvalue weighted by Gasteiger charge is 2.13. The number of aryl methyl sites for hydroxylation is 2. The van der Waals surface area contributed by atoms with Crippen LogP contribution in [0, 0.1) is 19.7 Å². The van der Waals surface area contributed by atoms with Gasteiger partial charge in [-0.15, -0.1) is 0 Å². The van der Waals surface area contributed by atoms with Crippen LogP contribution in [0.5, 0.6) is 0 Å². The average molecular weight is 416 g/mol. The van der Waals surface area contributed by atoms with Gasteiger partial charge in [-0.25, -0.2) is 32.5 Å². The highest BCUT2D eigenvalue weighted by Crippen LogP contribution is 2.16. The molecule has 0 saturated heterocycles. The number of nitrogens with one attached hydrogen (secondary N) is 3. The molecule has 152 valence electrons. The Morgan fingerprint density at radius 2 is 1.66 bits per heavy atom. The summed E-state index contributed by atoms with van der Waals surface area (Å²) in [4.78, 5) is 12.9. The summed E-state index contributed by atoms with van der Waals surface area (Å²) in [5.74, 6) is 1.85. The zero-order valence-corrected chi connectivity index (χ0v) is 16.8. The molecule has 10 heteroatoms. The minimum absolute atomic E-state index is 0.00826. The standard InChI is InChI=1S/C19H21FN6O2S/c1-13-7-8-21-17(11-13)26-19-12-18(24-14(2)25-19)22-9-10-23-29(27,28)16-5-3-15(20)4-6-16/h3-8,11-12,23H,9-10H2,1-2H3,(H2,21,22,24,25,26). The summed E-state index contributed by atoms with van der Waals surface area (Å²) in [6.07, 6.45) is 1.71. The number of aromatic nitrogens is 3. The van der Waals surface area contributed by atoms with Crippen LogP contribution in [-0.4, -0.2) is 36.5 Å². The Morgan fingerprint density at radius 3 is 2.38 bits per heavy atom. The molecule has 3 aromatic rings. The van der Waals surface area contributed by atoms with E-state index in [9.17, 15) is 12.8 Å². The Hall–Kier alpha value is -3.11. The summed E-state index contributed by atoms with van der Waals surface area (Å²) in [5, 5.41) is 6.18. The zero-order valence-electron chi connectivity index (χ0n) is 16.0. The monoisotopic (exact) mass is 416 g/mol. The van der Waals surface area contributed by atoms with Gasteiger partial charge in [0.2, 0.25) is 10.0 Å². The number of hydrogen-bond donors (Lipinski definition) is 3. The van der Waals surface area contributed by atoms with E-state index in [2.05, 4.69) is 30.3 Å². The third kappa shape index (κ3) is 5.93. The quantitative estimate of drug-likeness (QED) is 0.485. The average Bonchev–Trinajstić information content (AvgIpc) is 2.65. The van der Waals surface area contributed by atoms with Crippen molar-refractivity contribution in [1.29, 1.82) is 0 Å². The molecule has 0 amide bonds. The first kappa shape index (κ1) is 20.6. The number of anilines is 3. The minimum atomic E-state index is -3.70. The molecular formula is C19H21FN6O2S. The second kappa shape index (κ2) is 8.93. The first-order valence-corrected chi connectivity index (χ1v) is 10.3. The molecule has 0 aliphatic carbocycles. The molecule has 1 aromatic carbocycles. The Labute approximate surface area is 168 Å². The third-order valence-electron chi connectivity index (χ3n) is 3.86. The lowest BCUT2D eigenvalue weighted by molar-refractivity contribution is 0.582. The van der Waals surface area contributed by atoms with Crippen LogP contribution in [0.2, 0.25) is 0 Å². The smallest absolute Gasteiger partial charge is 0.240 e. The van der Waals surface area contributed by atoms with Crippen molar-refractivity contribution in [3.63, 3.8) is 0 Å². The second-order valence-electron chi connectivity index (χ2n) is 6.31. The Bertz CT molecular complexity index is 1090. The van der Waals surface area contributed by atoms with E-state index in [1.54, 1.807) is 19.2 Å². The van der Waals surface area contributed by atoms with Gasteiger partial charge in [0.25, 0.3) is 0 Å². The number of nitrogens with zero attached hydrogens (tertiary/aromatic N) is 3. The topological polar surface area (TPSA) is 109 Å². The Kier molecular flexibility index (Phi) is 6.35. The van der Waals surface area contributed by atoms with Gasteiger partial charge in [0, 0.05) is 25.4 Å². The number of rotatable bonds is 8. The Morgan fingerprint density at radius 1 is 0.931 bits per heavy atom. The summed E-state index contributed by atoms with van der Waals surface area (Å²) in [5.41, 5.74) is 1.07. The second-order valence-corrected chi connectivity index (χ2v) is 8.07. The third-order valence-corrected chi connectivity index (χ3v) is 5.33. The predicted octanol–water partition coefficient (Wildman–Crippen LogP) is 2.76. The van der Waals surface area contributed by atoms with Gasteiger partial charge in [0.1, 0.15) is 29.1 Å². The number of sulfonamides is 1. The van der Waals surface area contributed by atoms with Crippen LogP contribution in [0.1, 0.15) is 11.4 Å². The molecule has 0 saturated carbocycles. The lowest BCUT2D eigenvalue weighted by atomic mass is 10.3. The highest BCUT2D eigenvalue weighted by atomic mass is 32.2. The van der Waals surface area contributed by atoms with Crippen molar-refractivity contribution in [1.82, 2.24) is 19.7 Å². The highest BCUT2D eigenvalue weighted by molar-refractivity contribution is 7.89. The molecule has 0 spiro atoms. The van der Waals surface area contributed by atoms with Crippen molar-refractivity contribution in [2.75, 3.05) is 23.7 Å². The van der Waals surface area contributed by atoms with Crippen molar-refractivity contribution in [2.24, 2.45) is 0 Å². The SMILES string of the molecule is Cc1ccnc(Nc2cc(NCCNS(=O)(=O)c3ccc(F)cc3)nc(C)n2)c1. The first-order valence-electron chi connectivity index (χ1n) is 8.86. The van der Waals surface area contributed by atoms with Crippen molar-refractivity contribution < 1.29 is 12.8 Å². The van der Waals surface area contributed by atoms with Crippen molar-refractivity contribution in [3.05, 3.63) is 65.9 Å². The van der Waals surface area contributed by atoms with Gasteiger partial charge in [-0.1, -0.05) is 0 Å². The molecule has 29 heavy (non-hydrogen) atoms. The fraction of sp³-hybridized carbons (Fsp3) is 0.211. The molecule has 0 aliphatic rings. The zero-order chi connectivity index (χ0) is 20.9. The van der Waals surface area contributed by atoms with Crippen LogP contribution < -0.4 is 15.4 Å². The van der Waals surface area contributed by atoms with Crippen LogP contribution in [0.15, 0.2) is 53.6 Å². The van der Waals surface area contributed by atoms with Crippen LogP contribution in [-0.2, 0) is 10.0 Å². The van der Waals surface area contributed by atoms with Gasteiger partial charge in [-0.05, 0) is 55.8 Å². The molecule has 0 atom stereocenters. The molecule has 0 aliphatic heterocycles. The predicted molar refractivity (Wildman–Crippen MR) is 109 cm³/mol. The van der Waals surface area contributed by atoms with Crippen LogP contribution >= 0.6 is 0 Å². The number of benzene rings is 1. The lowest BCUT2D eigenvalue weighted by Crippen LogP contribution is -2.29. The Balaban J connectivity index is 1.58. The number of pyridine rings is 1. The molecule has 0 bridgehead atoms. The fourth-order valence-corrected chi connectivity index (χ4v) is 3.56. The normalized spacial score (nSPS) is 11.3. The maximum Gasteiger partial charge on any atom is 0.240 e. The number of halogens is 1. The van der Waals surface area contributed by atoms with E-state index < -0.39 is 15.8 Å². The van der Waals surface area contributed by atoms with E-state index in [-0.39, 0.29) is 11.4 Å². The van der Waals surface area contributed by atoms with E-state index in [4.69, 9.17) is 0 Å². The van der Waals surface area contributed by atoms with E-state index in [0.29, 0.717) is 29.8 Å². The van der Waals surface area contributed by atoms with Crippen LogP contribution in [0.4, 0.5) is 21.8 Å². The minimum Gasteiger partial charge on any atom is -0.369 e. The van der Waals surface area contributed by atoms with Gasteiger partial charge in [0.05, 0.1) is 4.90 Å². The van der Waals surface area contributed by atoms with E-state index in [1.807, 2.05) is 19.1 Å². The first-order chi connectivity index (χ1) is 13.8. The molecule has 3 rings (SSSR count). The lowest BCUT2D eigenvalue weighted by Gasteiger charge is -2.11. The molecular weight excluding hydrogens is 395 g/mol. The molecule has 0 fully saturated rings.